The third kappa shape index (κ3) is 2.49. The number of Topliss-reactive ketones (excluding diaryl/α,β-unsaturated/α-hetero) is 1. The van der Waals surface area contributed by atoms with Gasteiger partial charge in [0.15, 0.2) is 11.2 Å². The molecule has 1 heterocycles. The molecule has 2 rings (SSSR count). The molecule has 118 valence electrons. The quantitative estimate of drug-likeness (QED) is 0.462. The first-order chi connectivity index (χ1) is 11.3. The Hall–Kier alpha value is -2.24. The third-order valence-corrected chi connectivity index (χ3v) is 3.71. The molecule has 22 heavy (non-hydrogen) atoms. The molecule has 0 saturated heterocycles. The number of rotatable bonds is 5. The highest BCUT2D eigenvalue weighted by molar-refractivity contribution is 6.11. The number of hydrogen-bond donors (Lipinski definition) is 0. The normalized spacial score (nSPS) is 23.7. The fourth-order valence-corrected chi connectivity index (χ4v) is 2.67. The lowest BCUT2D eigenvalue weighted by atomic mass is 9.66. The van der Waals surface area contributed by atoms with E-state index in [9.17, 15) is 14.4 Å². The van der Waals surface area contributed by atoms with Crippen molar-refractivity contribution in [2.75, 3.05) is 14.2 Å². The van der Waals surface area contributed by atoms with Crippen LogP contribution in [0.15, 0.2) is 12.1 Å². The number of aldehydes is 1. The second-order valence-corrected chi connectivity index (χ2v) is 5.08. The van der Waals surface area contributed by atoms with Gasteiger partial charge in [0, 0.05) is 26.8 Å². The standard InChI is InChI=1S/C16H19NO5/c1-10(9-18)8-16(15(20)22-3)11-4-7-14(21-2)17-12(11)5-6-13(16)19/h4,7,9-10H,5-6,8H2,1-3H3/i8D2. The summed E-state index contributed by atoms with van der Waals surface area (Å²) in [7, 11) is 2.52. The lowest BCUT2D eigenvalue weighted by Crippen LogP contribution is -2.49. The number of aryl methyl sites for hydroxylation is 1. The van der Waals surface area contributed by atoms with E-state index in [0.29, 0.717) is 17.9 Å². The Balaban J connectivity index is 2.83. The van der Waals surface area contributed by atoms with Crippen LogP contribution in [0.3, 0.4) is 0 Å². The maximum Gasteiger partial charge on any atom is 0.323 e. The number of methoxy groups -OCH3 is 2. The molecule has 1 aromatic rings. The van der Waals surface area contributed by atoms with Gasteiger partial charge in [-0.25, -0.2) is 4.98 Å². The van der Waals surface area contributed by atoms with E-state index in [4.69, 9.17) is 12.2 Å². The highest BCUT2D eigenvalue weighted by Crippen LogP contribution is 2.40. The minimum Gasteiger partial charge on any atom is -0.481 e. The highest BCUT2D eigenvalue weighted by Gasteiger charge is 2.52. The number of esters is 1. The van der Waals surface area contributed by atoms with Crippen molar-refractivity contribution in [1.82, 2.24) is 4.98 Å². The van der Waals surface area contributed by atoms with Gasteiger partial charge >= 0.3 is 5.97 Å². The molecule has 6 nitrogen and oxygen atoms in total. The Labute approximate surface area is 131 Å². The van der Waals surface area contributed by atoms with E-state index < -0.39 is 29.5 Å². The lowest BCUT2D eigenvalue weighted by Gasteiger charge is -2.35. The lowest BCUT2D eigenvalue weighted by molar-refractivity contribution is -0.153. The number of ether oxygens (including phenoxy) is 2. The molecule has 0 spiro atoms. The largest absolute Gasteiger partial charge is 0.481 e. The summed E-state index contributed by atoms with van der Waals surface area (Å²) in [6, 6.07) is 2.90. The summed E-state index contributed by atoms with van der Waals surface area (Å²) in [4.78, 5) is 40.9. The minimum absolute atomic E-state index is 0.0760. The second-order valence-electron chi connectivity index (χ2n) is 5.08. The summed E-state index contributed by atoms with van der Waals surface area (Å²) in [6.07, 6.45) is -1.89. The van der Waals surface area contributed by atoms with E-state index in [2.05, 4.69) is 4.98 Å². The van der Waals surface area contributed by atoms with Crippen molar-refractivity contribution < 1.29 is 26.6 Å². The van der Waals surface area contributed by atoms with Crippen molar-refractivity contribution in [3.63, 3.8) is 0 Å². The summed E-state index contributed by atoms with van der Waals surface area (Å²) in [5, 5.41) is 0. The smallest absolute Gasteiger partial charge is 0.323 e. The van der Waals surface area contributed by atoms with Gasteiger partial charge in [-0.1, -0.05) is 13.0 Å². The predicted octanol–water partition coefficient (Wildman–Crippen LogP) is 1.24. The number of ketones is 1. The van der Waals surface area contributed by atoms with Crippen molar-refractivity contribution in [2.24, 2.45) is 5.92 Å². The molecule has 2 atom stereocenters. The van der Waals surface area contributed by atoms with E-state index in [1.165, 1.54) is 26.2 Å². The highest BCUT2D eigenvalue weighted by atomic mass is 16.5. The third-order valence-electron chi connectivity index (χ3n) is 3.71. The van der Waals surface area contributed by atoms with Gasteiger partial charge in [-0.3, -0.25) is 9.59 Å². The van der Waals surface area contributed by atoms with Crippen LogP contribution < -0.4 is 4.74 Å². The Bertz CT molecular complexity index is 691. The fourth-order valence-electron chi connectivity index (χ4n) is 2.67. The first kappa shape index (κ1) is 13.4. The van der Waals surface area contributed by atoms with E-state index in [0.717, 1.165) is 7.11 Å². The summed E-state index contributed by atoms with van der Waals surface area (Å²) in [6.45, 7) is 1.33. The van der Waals surface area contributed by atoms with Crippen molar-refractivity contribution in [3.05, 3.63) is 23.4 Å². The van der Waals surface area contributed by atoms with Crippen molar-refractivity contribution in [1.29, 1.82) is 0 Å². The number of aromatic nitrogens is 1. The Morgan fingerprint density at radius 2 is 2.23 bits per heavy atom. The summed E-state index contributed by atoms with van der Waals surface area (Å²) in [5.74, 6) is -2.55. The molecule has 1 aliphatic carbocycles. The molecule has 1 aliphatic rings. The molecular weight excluding hydrogens is 286 g/mol. The minimum atomic E-state index is -2.47. The first-order valence-electron chi connectivity index (χ1n) is 7.88. The van der Waals surface area contributed by atoms with Gasteiger partial charge in [-0.2, -0.15) is 0 Å². The van der Waals surface area contributed by atoms with Gasteiger partial charge < -0.3 is 14.3 Å². The van der Waals surface area contributed by atoms with Crippen LogP contribution in [0.1, 0.15) is 33.7 Å². The number of hydrogen-bond acceptors (Lipinski definition) is 6. The number of pyridine rings is 1. The van der Waals surface area contributed by atoms with Gasteiger partial charge in [0.25, 0.3) is 0 Å². The Morgan fingerprint density at radius 3 is 2.82 bits per heavy atom. The molecule has 0 bridgehead atoms. The van der Waals surface area contributed by atoms with Crippen LogP contribution in [0.25, 0.3) is 0 Å². The van der Waals surface area contributed by atoms with E-state index in [-0.39, 0.29) is 18.4 Å². The monoisotopic (exact) mass is 307 g/mol. The molecule has 0 amide bonds. The molecule has 2 unspecified atom stereocenters. The van der Waals surface area contributed by atoms with E-state index >= 15 is 0 Å². The zero-order valence-electron chi connectivity index (χ0n) is 14.7. The Kier molecular flexibility index (Phi) is 3.82. The van der Waals surface area contributed by atoms with Gasteiger partial charge in [0.2, 0.25) is 5.88 Å². The topological polar surface area (TPSA) is 82.6 Å². The van der Waals surface area contributed by atoms with Gasteiger partial charge in [-0.05, 0) is 18.4 Å². The fraction of sp³-hybridized carbons (Fsp3) is 0.500. The number of fused-ring (bicyclic) bond motifs is 1. The number of nitrogens with zero attached hydrogens (tertiary/aromatic N) is 1. The zero-order chi connectivity index (χ0) is 18.1. The molecule has 0 fully saturated rings. The van der Waals surface area contributed by atoms with Crippen LogP contribution in [-0.4, -0.2) is 37.2 Å². The SMILES string of the molecule is [2H]C([2H])(C(C)C=O)C1(C(=O)OC)C(=O)CCc2nc(OC)ccc21. The van der Waals surface area contributed by atoms with Crippen LogP contribution in [-0.2, 0) is 31.0 Å². The molecule has 0 N–H and O–H groups in total. The maximum absolute atomic E-state index is 12.8. The van der Waals surface area contributed by atoms with Crippen LogP contribution >= 0.6 is 0 Å². The molecule has 6 heteroatoms. The zero-order valence-corrected chi connectivity index (χ0v) is 12.7. The summed E-state index contributed by atoms with van der Waals surface area (Å²) >= 11 is 0. The van der Waals surface area contributed by atoms with E-state index in [1.54, 1.807) is 0 Å². The second kappa shape index (κ2) is 6.25. The average Bonchev–Trinajstić information content (AvgIpc) is 2.59. The van der Waals surface area contributed by atoms with Gasteiger partial charge in [0.1, 0.15) is 6.29 Å². The van der Waals surface area contributed by atoms with Crippen LogP contribution in [0.5, 0.6) is 5.88 Å². The molecule has 0 aliphatic heterocycles. The first-order valence-corrected chi connectivity index (χ1v) is 6.88. The summed E-state index contributed by atoms with van der Waals surface area (Å²) in [5.41, 5.74) is -1.71. The average molecular weight is 307 g/mol. The molecule has 0 radical (unpaired) electrons. The van der Waals surface area contributed by atoms with Crippen LogP contribution in [0, 0.1) is 5.92 Å². The number of carbonyl (C=O) groups is 3. The predicted molar refractivity (Wildman–Crippen MR) is 77.7 cm³/mol. The molecule has 0 aromatic carbocycles. The Morgan fingerprint density at radius 1 is 1.50 bits per heavy atom. The van der Waals surface area contributed by atoms with E-state index in [1.807, 2.05) is 0 Å². The van der Waals surface area contributed by atoms with Crippen LogP contribution in [0.4, 0.5) is 0 Å². The van der Waals surface area contributed by atoms with Crippen molar-refractivity contribution in [3.8, 4) is 5.88 Å². The van der Waals surface area contributed by atoms with Gasteiger partial charge in [-0.15, -0.1) is 0 Å². The molecule has 1 aromatic heterocycles. The molecular formula is C16H19NO5. The molecule has 0 saturated carbocycles. The van der Waals surface area contributed by atoms with Crippen molar-refractivity contribution in [2.45, 2.75) is 31.6 Å². The summed E-state index contributed by atoms with van der Waals surface area (Å²) < 4.78 is 26.7. The maximum atomic E-state index is 12.8. The van der Waals surface area contributed by atoms with Gasteiger partial charge in [0.05, 0.1) is 14.2 Å². The van der Waals surface area contributed by atoms with Crippen LogP contribution in [0.2, 0.25) is 0 Å². The van der Waals surface area contributed by atoms with Crippen molar-refractivity contribution >= 4 is 18.0 Å². The number of carbonyl (C=O) groups excluding carboxylic acids is 3.